The molecule has 0 spiro atoms. The van der Waals surface area contributed by atoms with Crippen LogP contribution in [-0.2, 0) is 22.9 Å². The number of benzene rings is 2. The minimum Gasteiger partial charge on any atom is -0.237 e. The van der Waals surface area contributed by atoms with E-state index in [-0.39, 0.29) is 12.4 Å². The summed E-state index contributed by atoms with van der Waals surface area (Å²) in [5, 5.41) is 1.31. The van der Waals surface area contributed by atoms with Gasteiger partial charge in [0, 0.05) is 28.9 Å². The summed E-state index contributed by atoms with van der Waals surface area (Å²) >= 11 is 1.83. The van der Waals surface area contributed by atoms with Crippen molar-refractivity contribution in [2.45, 2.75) is 57.3 Å². The van der Waals surface area contributed by atoms with Gasteiger partial charge in [-0.15, -0.1) is 23.7 Å². The monoisotopic (exact) mass is 552 g/mol. The normalized spacial score (nSPS) is 16.9. The second-order valence-electron chi connectivity index (χ2n) is 10.4. The molecule has 0 bridgehead atoms. The van der Waals surface area contributed by atoms with Crippen molar-refractivity contribution < 1.29 is 8.42 Å². The van der Waals surface area contributed by atoms with Gasteiger partial charge in [0.2, 0.25) is 10.0 Å². The summed E-state index contributed by atoms with van der Waals surface area (Å²) < 4.78 is 28.1. The molecule has 6 rings (SSSR count). The van der Waals surface area contributed by atoms with Gasteiger partial charge in [0.1, 0.15) is 4.83 Å². The molecule has 1 aliphatic heterocycles. The molecule has 2 aromatic carbocycles. The van der Waals surface area contributed by atoms with Crippen LogP contribution in [0.15, 0.2) is 59.5 Å². The van der Waals surface area contributed by atoms with Crippen LogP contribution in [0.5, 0.6) is 0 Å². The minimum absolute atomic E-state index is 0. The number of aryl methyl sites for hydroxylation is 3. The molecule has 194 valence electrons. The van der Waals surface area contributed by atoms with Crippen LogP contribution in [0.2, 0.25) is 0 Å². The molecule has 0 atom stereocenters. The molecule has 1 saturated heterocycles. The number of hydrogen-bond donors (Lipinski definition) is 0. The van der Waals surface area contributed by atoms with Crippen molar-refractivity contribution in [3.05, 3.63) is 70.6 Å². The zero-order chi connectivity index (χ0) is 24.9. The van der Waals surface area contributed by atoms with Crippen LogP contribution < -0.4 is 0 Å². The lowest BCUT2D eigenvalue weighted by molar-refractivity contribution is 0.288. The molecule has 3 heterocycles. The fraction of sp³-hybridized carbons (Fsp3) is 0.367. The fourth-order valence-corrected chi connectivity index (χ4v) is 8.30. The third-order valence-electron chi connectivity index (χ3n) is 7.82. The molecule has 0 unspecified atom stereocenters. The molecule has 0 amide bonds. The highest BCUT2D eigenvalue weighted by Gasteiger charge is 2.28. The Morgan fingerprint density at radius 2 is 1.57 bits per heavy atom. The second-order valence-corrected chi connectivity index (χ2v) is 13.4. The molecule has 0 N–H and O–H groups in total. The Bertz CT molecular complexity index is 1520. The van der Waals surface area contributed by atoms with Crippen molar-refractivity contribution in [3.8, 4) is 22.4 Å². The molecule has 1 fully saturated rings. The molecule has 0 radical (unpaired) electrons. The maximum absolute atomic E-state index is 13.2. The van der Waals surface area contributed by atoms with Crippen molar-refractivity contribution in [1.29, 1.82) is 0 Å². The van der Waals surface area contributed by atoms with E-state index in [9.17, 15) is 8.42 Å². The maximum Gasteiger partial charge on any atom is 0.243 e. The van der Waals surface area contributed by atoms with Crippen LogP contribution >= 0.6 is 23.7 Å². The molecular formula is C30H33ClN2O2S2. The van der Waals surface area contributed by atoms with Crippen LogP contribution in [-0.4, -0.2) is 30.8 Å². The van der Waals surface area contributed by atoms with Crippen molar-refractivity contribution in [2.75, 3.05) is 13.1 Å². The molecule has 4 aromatic rings. The van der Waals surface area contributed by atoms with Crippen LogP contribution in [0.3, 0.4) is 0 Å². The summed E-state index contributed by atoms with van der Waals surface area (Å²) in [4.78, 5) is 8.04. The fourth-order valence-electron chi connectivity index (χ4n) is 5.54. The predicted octanol–water partition coefficient (Wildman–Crippen LogP) is 7.66. The van der Waals surface area contributed by atoms with Gasteiger partial charge in [0.15, 0.2) is 0 Å². The average Bonchev–Trinajstić information content (AvgIpc) is 3.28. The molecule has 2 aliphatic rings. The van der Waals surface area contributed by atoms with Gasteiger partial charge in [-0.1, -0.05) is 48.9 Å². The number of sulfonamides is 1. The first-order chi connectivity index (χ1) is 17.4. The summed E-state index contributed by atoms with van der Waals surface area (Å²) in [6, 6.07) is 18.3. The molecule has 1 aliphatic carbocycles. The standard InChI is InChI=1S/C30H32N2O2S2.ClH/c1-20-7-9-22(10-8-20)26-19-27(31-30-29(26)25-5-3-4-6-28(25)35-30)23-11-13-24(14-12-23)36(33,34)32-17-15-21(2)16-18-32;/h7-14,19,21H,3-6,15-18H2,1-2H3;1H. The SMILES string of the molecule is Cc1ccc(-c2cc(-c3ccc(S(=O)(=O)N4CCC(C)CC4)cc3)nc3sc4c(c23)CCCC4)cc1.Cl. The first kappa shape index (κ1) is 26.4. The quantitative estimate of drug-likeness (QED) is 0.261. The van der Waals surface area contributed by atoms with E-state index in [4.69, 9.17) is 4.98 Å². The number of nitrogens with zero attached hydrogens (tertiary/aromatic N) is 2. The minimum atomic E-state index is -3.46. The maximum atomic E-state index is 13.2. The third-order valence-corrected chi connectivity index (χ3v) is 10.9. The summed E-state index contributed by atoms with van der Waals surface area (Å²) in [5.41, 5.74) is 7.01. The second kappa shape index (κ2) is 10.5. The van der Waals surface area contributed by atoms with Crippen LogP contribution in [0.1, 0.15) is 48.6 Å². The number of halogens is 1. The van der Waals surface area contributed by atoms with Gasteiger partial charge in [-0.25, -0.2) is 13.4 Å². The number of pyridine rings is 1. The zero-order valence-electron chi connectivity index (χ0n) is 21.4. The van der Waals surface area contributed by atoms with Crippen molar-refractivity contribution >= 4 is 44.0 Å². The van der Waals surface area contributed by atoms with Gasteiger partial charge >= 0.3 is 0 Å². The smallest absolute Gasteiger partial charge is 0.237 e. The average molecular weight is 553 g/mol. The predicted molar refractivity (Wildman–Crippen MR) is 156 cm³/mol. The molecular weight excluding hydrogens is 520 g/mol. The Kier molecular flexibility index (Phi) is 7.47. The highest BCUT2D eigenvalue weighted by Crippen LogP contribution is 2.42. The number of hydrogen-bond acceptors (Lipinski definition) is 4. The molecule has 7 heteroatoms. The first-order valence-corrected chi connectivity index (χ1v) is 15.3. The number of fused-ring (bicyclic) bond motifs is 3. The summed E-state index contributed by atoms with van der Waals surface area (Å²) in [6.45, 7) is 5.51. The largest absolute Gasteiger partial charge is 0.243 e. The van der Waals surface area contributed by atoms with E-state index in [1.165, 1.54) is 45.4 Å². The van der Waals surface area contributed by atoms with Crippen molar-refractivity contribution in [1.82, 2.24) is 9.29 Å². The van der Waals surface area contributed by atoms with E-state index in [0.29, 0.717) is 23.9 Å². The number of rotatable bonds is 4. The highest BCUT2D eigenvalue weighted by atomic mass is 35.5. The van der Waals surface area contributed by atoms with Crippen molar-refractivity contribution in [3.63, 3.8) is 0 Å². The van der Waals surface area contributed by atoms with Gasteiger partial charge in [-0.05, 0) is 86.3 Å². The number of piperidine rings is 1. The third kappa shape index (κ3) is 4.97. The van der Waals surface area contributed by atoms with Gasteiger partial charge in [0.25, 0.3) is 0 Å². The van der Waals surface area contributed by atoms with Gasteiger partial charge in [-0.2, -0.15) is 4.31 Å². The number of thiophene rings is 1. The summed E-state index contributed by atoms with van der Waals surface area (Å²) in [6.07, 6.45) is 6.60. The number of aromatic nitrogens is 1. The summed E-state index contributed by atoms with van der Waals surface area (Å²) in [5.74, 6) is 0.588. The van der Waals surface area contributed by atoms with E-state index in [0.717, 1.165) is 41.8 Å². The molecule has 0 saturated carbocycles. The lowest BCUT2D eigenvalue weighted by atomic mass is 9.92. The van der Waals surface area contributed by atoms with Crippen LogP contribution in [0.25, 0.3) is 32.6 Å². The Hall–Kier alpha value is -2.25. The topological polar surface area (TPSA) is 50.3 Å². The van der Waals surface area contributed by atoms with Crippen LogP contribution in [0, 0.1) is 12.8 Å². The highest BCUT2D eigenvalue weighted by molar-refractivity contribution is 7.89. The van der Waals surface area contributed by atoms with E-state index < -0.39 is 10.0 Å². The molecule has 2 aromatic heterocycles. The Balaban J connectivity index is 0.00000280. The Labute approximate surface area is 230 Å². The Morgan fingerprint density at radius 3 is 2.27 bits per heavy atom. The van der Waals surface area contributed by atoms with E-state index in [1.54, 1.807) is 16.4 Å². The van der Waals surface area contributed by atoms with Crippen LogP contribution in [0.4, 0.5) is 0 Å². The molecule has 4 nitrogen and oxygen atoms in total. The van der Waals surface area contributed by atoms with E-state index in [2.05, 4.69) is 44.2 Å². The van der Waals surface area contributed by atoms with Gasteiger partial charge in [-0.3, -0.25) is 0 Å². The summed E-state index contributed by atoms with van der Waals surface area (Å²) in [7, 11) is -3.46. The molecule has 37 heavy (non-hydrogen) atoms. The van der Waals surface area contributed by atoms with E-state index in [1.807, 2.05) is 23.5 Å². The zero-order valence-corrected chi connectivity index (χ0v) is 23.8. The van der Waals surface area contributed by atoms with Gasteiger partial charge < -0.3 is 0 Å². The van der Waals surface area contributed by atoms with Crippen molar-refractivity contribution in [2.24, 2.45) is 5.92 Å². The van der Waals surface area contributed by atoms with Gasteiger partial charge in [0.05, 0.1) is 10.6 Å². The lowest BCUT2D eigenvalue weighted by Crippen LogP contribution is -2.37. The van der Waals surface area contributed by atoms with E-state index >= 15 is 0 Å². The first-order valence-electron chi connectivity index (χ1n) is 13.0. The Morgan fingerprint density at radius 1 is 0.919 bits per heavy atom. The lowest BCUT2D eigenvalue weighted by Gasteiger charge is -2.29.